The lowest BCUT2D eigenvalue weighted by molar-refractivity contribution is -0.410. The molecule has 0 aromatic heterocycles. The average molecular weight is 408 g/mol. The highest BCUT2D eigenvalue weighted by Crippen LogP contribution is 2.17. The minimum atomic E-state index is -1.12. The van der Waals surface area contributed by atoms with Gasteiger partial charge in [0.15, 0.2) is 6.04 Å². The quantitative estimate of drug-likeness (QED) is 0.368. The number of carbonyl (C=O) groups excluding carboxylic acids is 1. The maximum Gasteiger partial charge on any atom is 0.362 e. The molecule has 2 rings (SSSR count). The fraction of sp³-hybridized carbons (Fsp3) is 0.211. The van der Waals surface area contributed by atoms with Crippen LogP contribution in [-0.4, -0.2) is 34.2 Å². The van der Waals surface area contributed by atoms with E-state index in [2.05, 4.69) is 16.4 Å². The molecule has 0 aliphatic rings. The number of halogens is 1. The second-order valence-corrected chi connectivity index (χ2v) is 6.15. The van der Waals surface area contributed by atoms with E-state index in [1.54, 1.807) is 36.4 Å². The molecule has 0 heterocycles. The molecule has 7 N–H and O–H groups in total. The molecule has 0 radical (unpaired) electrons. The molecule has 0 unspecified atom stereocenters. The number of hydrogen-bond acceptors (Lipinski definition) is 3. The SMILES string of the molecule is [Cl-].[NH3+][C@H](C[C@@H](Cc1ccc(NC(=O)Nc2ccccc2)cc1)C(=O)O)C(=O)O. The van der Waals surface area contributed by atoms with E-state index in [9.17, 15) is 19.5 Å². The molecule has 0 bridgehead atoms. The Morgan fingerprint density at radius 2 is 1.39 bits per heavy atom. The number of urea groups is 1. The van der Waals surface area contributed by atoms with Crippen LogP contribution in [0.2, 0.25) is 0 Å². The maximum atomic E-state index is 12.0. The summed E-state index contributed by atoms with van der Waals surface area (Å²) in [5.74, 6) is -3.02. The van der Waals surface area contributed by atoms with Crippen LogP contribution in [0.25, 0.3) is 0 Å². The van der Waals surface area contributed by atoms with Crippen molar-refractivity contribution in [1.82, 2.24) is 0 Å². The van der Waals surface area contributed by atoms with Gasteiger partial charge in [0.25, 0.3) is 0 Å². The first kappa shape index (κ1) is 22.9. The number of amides is 2. The molecule has 8 nitrogen and oxygen atoms in total. The standard InChI is InChI=1S/C19H21N3O5.ClH/c20-16(18(25)26)11-13(17(23)24)10-12-6-8-15(9-7-12)22-19(27)21-14-4-2-1-3-5-14;/h1-9,13,16H,10-11,20H2,(H,23,24)(H,25,26)(H2,21,22,27);1H/t13-,16-;/m1./s1. The first-order chi connectivity index (χ1) is 12.8. The second kappa shape index (κ2) is 10.9. The normalized spacial score (nSPS) is 12.2. The Balaban J connectivity index is 0.00000392. The summed E-state index contributed by atoms with van der Waals surface area (Å²) in [4.78, 5) is 34.2. The number of carboxylic acids is 2. The monoisotopic (exact) mass is 407 g/mol. The topological polar surface area (TPSA) is 143 Å². The van der Waals surface area contributed by atoms with Gasteiger partial charge in [0, 0.05) is 17.8 Å². The summed E-state index contributed by atoms with van der Waals surface area (Å²) >= 11 is 0. The van der Waals surface area contributed by atoms with Crippen molar-refractivity contribution in [1.29, 1.82) is 0 Å². The molecule has 0 spiro atoms. The van der Waals surface area contributed by atoms with Gasteiger partial charge in [-0.1, -0.05) is 30.3 Å². The Labute approximate surface area is 168 Å². The predicted octanol–water partition coefficient (Wildman–Crippen LogP) is -1.34. The number of rotatable bonds is 8. The zero-order valence-corrected chi connectivity index (χ0v) is 15.7. The largest absolute Gasteiger partial charge is 1.00 e. The predicted molar refractivity (Wildman–Crippen MR) is 99.3 cm³/mol. The summed E-state index contributed by atoms with van der Waals surface area (Å²) < 4.78 is 0. The third-order valence-electron chi connectivity index (χ3n) is 3.99. The zero-order chi connectivity index (χ0) is 19.8. The highest BCUT2D eigenvalue weighted by Gasteiger charge is 2.27. The molecule has 2 atom stereocenters. The van der Waals surface area contributed by atoms with E-state index < -0.39 is 29.9 Å². The van der Waals surface area contributed by atoms with Crippen molar-refractivity contribution < 1.29 is 42.7 Å². The smallest absolute Gasteiger partial charge is 0.362 e. The van der Waals surface area contributed by atoms with Crippen LogP contribution in [0.15, 0.2) is 54.6 Å². The highest BCUT2D eigenvalue weighted by molar-refractivity contribution is 5.99. The van der Waals surface area contributed by atoms with Gasteiger partial charge in [-0.05, 0) is 36.2 Å². The minimum absolute atomic E-state index is 0. The number of quaternary nitrogens is 1. The maximum absolute atomic E-state index is 12.0. The summed E-state index contributed by atoms with van der Waals surface area (Å²) in [6, 6.07) is 14.4. The molecule has 0 aliphatic heterocycles. The van der Waals surface area contributed by atoms with Crippen molar-refractivity contribution in [3.8, 4) is 0 Å². The van der Waals surface area contributed by atoms with Crippen LogP contribution in [0.5, 0.6) is 0 Å². The number of hydrogen-bond donors (Lipinski definition) is 5. The van der Waals surface area contributed by atoms with Crippen LogP contribution >= 0.6 is 0 Å². The number of aliphatic carboxylic acids is 2. The average Bonchev–Trinajstić information content (AvgIpc) is 2.63. The molecule has 9 heteroatoms. The molecule has 2 aromatic carbocycles. The lowest BCUT2D eigenvalue weighted by Crippen LogP contribution is -3.00. The van der Waals surface area contributed by atoms with E-state index in [-0.39, 0.29) is 25.2 Å². The number of nitrogens with one attached hydrogen (secondary N) is 2. The molecule has 2 aromatic rings. The first-order valence-corrected chi connectivity index (χ1v) is 8.36. The first-order valence-electron chi connectivity index (χ1n) is 8.36. The third-order valence-corrected chi connectivity index (χ3v) is 3.99. The van der Waals surface area contributed by atoms with Crippen LogP contribution in [0.3, 0.4) is 0 Å². The van der Waals surface area contributed by atoms with Gasteiger partial charge in [-0.3, -0.25) is 4.79 Å². The summed E-state index contributed by atoms with van der Waals surface area (Å²) in [6.45, 7) is 0. The van der Waals surface area contributed by atoms with Gasteiger partial charge in [0.05, 0.1) is 5.92 Å². The van der Waals surface area contributed by atoms with Gasteiger partial charge >= 0.3 is 18.0 Å². The number of para-hydroxylation sites is 1. The molecular formula is C19H22ClN3O5. The van der Waals surface area contributed by atoms with Crippen LogP contribution < -0.4 is 28.8 Å². The van der Waals surface area contributed by atoms with E-state index in [4.69, 9.17) is 5.11 Å². The van der Waals surface area contributed by atoms with Gasteiger partial charge in [0.2, 0.25) is 0 Å². The van der Waals surface area contributed by atoms with Crippen molar-refractivity contribution in [2.75, 3.05) is 10.6 Å². The lowest BCUT2D eigenvalue weighted by Gasteiger charge is -2.14. The van der Waals surface area contributed by atoms with Crippen LogP contribution in [0, 0.1) is 5.92 Å². The summed E-state index contributed by atoms with van der Waals surface area (Å²) in [5, 5.41) is 23.6. The van der Waals surface area contributed by atoms with Crippen molar-refractivity contribution in [3.05, 3.63) is 60.2 Å². The number of carbonyl (C=O) groups is 3. The number of anilines is 2. The van der Waals surface area contributed by atoms with Crippen molar-refractivity contribution in [3.63, 3.8) is 0 Å². The van der Waals surface area contributed by atoms with Crippen LogP contribution in [-0.2, 0) is 16.0 Å². The zero-order valence-electron chi connectivity index (χ0n) is 15.0. The van der Waals surface area contributed by atoms with Crippen molar-refractivity contribution >= 4 is 29.3 Å². The molecule has 2 amide bonds. The fourth-order valence-corrected chi connectivity index (χ4v) is 2.54. The Morgan fingerprint density at radius 1 is 0.857 bits per heavy atom. The summed E-state index contributed by atoms with van der Waals surface area (Å²) in [7, 11) is 0. The molecule has 0 fully saturated rings. The van der Waals surface area contributed by atoms with E-state index in [0.29, 0.717) is 11.4 Å². The summed E-state index contributed by atoms with van der Waals surface area (Å²) in [6.07, 6.45) is 0.134. The van der Waals surface area contributed by atoms with Gasteiger partial charge in [-0.25, -0.2) is 9.59 Å². The van der Waals surface area contributed by atoms with Crippen molar-refractivity contribution in [2.45, 2.75) is 18.9 Å². The molecule has 0 aliphatic carbocycles. The van der Waals surface area contributed by atoms with Crippen LogP contribution in [0.1, 0.15) is 12.0 Å². The Bertz CT molecular complexity index is 799. The molecule has 0 saturated carbocycles. The van der Waals surface area contributed by atoms with Gasteiger partial charge < -0.3 is 39.0 Å². The lowest BCUT2D eigenvalue weighted by atomic mass is 9.93. The Morgan fingerprint density at radius 3 is 1.89 bits per heavy atom. The van der Waals surface area contributed by atoms with E-state index in [1.165, 1.54) is 0 Å². The van der Waals surface area contributed by atoms with Gasteiger partial charge in [0.1, 0.15) is 0 Å². The Kier molecular flexibility index (Phi) is 8.94. The molecule has 150 valence electrons. The van der Waals surface area contributed by atoms with Gasteiger partial charge in [-0.2, -0.15) is 0 Å². The Hall–Kier alpha value is -3.10. The second-order valence-electron chi connectivity index (χ2n) is 6.15. The van der Waals surface area contributed by atoms with Crippen LogP contribution in [0.4, 0.5) is 16.2 Å². The minimum Gasteiger partial charge on any atom is -1.00 e. The fourth-order valence-electron chi connectivity index (χ4n) is 2.54. The molecular weight excluding hydrogens is 386 g/mol. The molecule has 28 heavy (non-hydrogen) atoms. The van der Waals surface area contributed by atoms with Crippen molar-refractivity contribution in [2.24, 2.45) is 5.92 Å². The highest BCUT2D eigenvalue weighted by atomic mass is 35.5. The molecule has 0 saturated heterocycles. The third kappa shape index (κ3) is 7.26. The number of carboxylic acid groups (broad SMARTS) is 2. The van der Waals surface area contributed by atoms with E-state index in [0.717, 1.165) is 5.56 Å². The van der Waals surface area contributed by atoms with E-state index >= 15 is 0 Å². The summed E-state index contributed by atoms with van der Waals surface area (Å²) in [5.41, 5.74) is 5.41. The number of benzene rings is 2. The van der Waals surface area contributed by atoms with Gasteiger partial charge in [-0.15, -0.1) is 0 Å². The van der Waals surface area contributed by atoms with E-state index in [1.807, 2.05) is 18.2 Å².